The number of nitrogens with zero attached hydrogens (tertiary/aromatic N) is 3. The van der Waals surface area contributed by atoms with Gasteiger partial charge < -0.3 is 5.84 Å². The molecule has 19 heavy (non-hydrogen) atoms. The number of rotatable bonds is 4. The quantitative estimate of drug-likeness (QED) is 0.298. The number of carbonyl (C=O) groups is 1. The van der Waals surface area contributed by atoms with Crippen LogP contribution in [0, 0.1) is 0 Å². The third kappa shape index (κ3) is 3.10. The Hall–Kier alpha value is -2.82. The monoisotopic (exact) mass is 252 g/mol. The average Bonchev–Trinajstić information content (AvgIpc) is 2.49. The lowest BCUT2D eigenvalue weighted by molar-refractivity contribution is 0.106. The Kier molecular flexibility index (Phi) is 4.12. The lowest BCUT2D eigenvalue weighted by Gasteiger charge is -2.03. The molecule has 2 aromatic rings. The maximum atomic E-state index is 12.4. The van der Waals surface area contributed by atoms with Crippen LogP contribution < -0.4 is 5.84 Å². The maximum Gasteiger partial charge on any atom is 0.213 e. The molecular weight excluding hydrogens is 240 g/mol. The van der Waals surface area contributed by atoms with Crippen LogP contribution in [-0.4, -0.2) is 11.5 Å². The van der Waals surface area contributed by atoms with E-state index in [0.29, 0.717) is 11.1 Å². The molecule has 0 unspecified atom stereocenters. The molecule has 5 heteroatoms. The van der Waals surface area contributed by atoms with E-state index in [0.717, 1.165) is 0 Å². The zero-order chi connectivity index (χ0) is 13.5. The molecule has 0 bridgehead atoms. The molecule has 2 rings (SSSR count). The molecule has 0 heterocycles. The predicted octanol–water partition coefficient (Wildman–Crippen LogP) is 2.60. The molecule has 2 N–H and O–H groups in total. The van der Waals surface area contributed by atoms with Gasteiger partial charge in [-0.15, -0.1) is 5.10 Å². The van der Waals surface area contributed by atoms with E-state index < -0.39 is 0 Å². The number of carbonyl (C=O) groups excluding carboxylic acids is 1. The zero-order valence-electron chi connectivity index (χ0n) is 10.1. The molecule has 0 aromatic heterocycles. The number of Topliss-reactive ketones (excluding diaryl/α,β-unsaturated/α-hetero) is 1. The normalized spacial score (nSPS) is 11.7. The molecule has 0 aliphatic rings. The summed E-state index contributed by atoms with van der Waals surface area (Å²) in [6, 6.07) is 17.9. The minimum Gasteiger partial charge on any atom is -0.303 e. The van der Waals surface area contributed by atoms with Gasteiger partial charge in [0.1, 0.15) is 5.71 Å². The van der Waals surface area contributed by atoms with E-state index in [1.807, 2.05) is 24.3 Å². The first-order valence-electron chi connectivity index (χ1n) is 5.66. The summed E-state index contributed by atoms with van der Waals surface area (Å²) < 4.78 is 0. The second-order valence-corrected chi connectivity index (χ2v) is 3.71. The number of hydrogen-bond donors (Lipinski definition) is 1. The Bertz CT molecular complexity index is 606. The van der Waals surface area contributed by atoms with Gasteiger partial charge in [0, 0.05) is 11.1 Å². The van der Waals surface area contributed by atoms with Crippen LogP contribution >= 0.6 is 0 Å². The predicted molar refractivity (Wildman–Crippen MR) is 72.8 cm³/mol. The molecule has 0 fully saturated rings. The van der Waals surface area contributed by atoms with Crippen LogP contribution in [0.4, 0.5) is 0 Å². The van der Waals surface area contributed by atoms with E-state index in [-0.39, 0.29) is 11.5 Å². The van der Waals surface area contributed by atoms with Crippen molar-refractivity contribution in [1.82, 2.24) is 0 Å². The summed E-state index contributed by atoms with van der Waals surface area (Å²) in [5, 5.41) is 10.2. The fraction of sp³-hybridized carbons (Fsp3) is 0. The van der Waals surface area contributed by atoms with Crippen molar-refractivity contribution >= 4 is 11.5 Å². The average molecular weight is 252 g/mol. The summed E-state index contributed by atoms with van der Waals surface area (Å²) >= 11 is 0. The fourth-order valence-electron chi connectivity index (χ4n) is 1.63. The molecule has 0 aliphatic carbocycles. The van der Waals surface area contributed by atoms with Crippen LogP contribution in [0.5, 0.6) is 0 Å². The van der Waals surface area contributed by atoms with Crippen molar-refractivity contribution in [2.45, 2.75) is 0 Å². The smallest absolute Gasteiger partial charge is 0.213 e. The highest BCUT2D eigenvalue weighted by atomic mass is 16.1. The maximum absolute atomic E-state index is 12.4. The lowest BCUT2D eigenvalue weighted by atomic mass is 10.0. The Morgan fingerprint density at radius 3 is 1.89 bits per heavy atom. The molecule has 0 atom stereocenters. The Balaban J connectivity index is 2.43. The molecule has 94 valence electrons. The van der Waals surface area contributed by atoms with Gasteiger partial charge in [-0.25, -0.2) is 0 Å². The topological polar surface area (TPSA) is 80.2 Å². The van der Waals surface area contributed by atoms with Crippen LogP contribution in [0.2, 0.25) is 0 Å². The summed E-state index contributed by atoms with van der Waals surface area (Å²) in [6.07, 6.45) is 0. The van der Waals surface area contributed by atoms with Crippen LogP contribution in [0.15, 0.2) is 76.2 Å². The van der Waals surface area contributed by atoms with Gasteiger partial charge in [-0.3, -0.25) is 4.79 Å². The summed E-state index contributed by atoms with van der Waals surface area (Å²) in [6.45, 7) is 0. The minimum atomic E-state index is -0.223. The molecule has 0 saturated heterocycles. The van der Waals surface area contributed by atoms with E-state index in [9.17, 15) is 4.79 Å². The van der Waals surface area contributed by atoms with Crippen molar-refractivity contribution in [3.8, 4) is 0 Å². The van der Waals surface area contributed by atoms with E-state index >= 15 is 0 Å². The Morgan fingerprint density at radius 1 is 0.842 bits per heavy atom. The highest BCUT2D eigenvalue weighted by Gasteiger charge is 2.16. The fourth-order valence-corrected chi connectivity index (χ4v) is 1.63. The van der Waals surface area contributed by atoms with Gasteiger partial charge >= 0.3 is 0 Å². The molecule has 0 amide bonds. The first kappa shape index (κ1) is 12.6. The van der Waals surface area contributed by atoms with Crippen molar-refractivity contribution in [3.05, 3.63) is 71.8 Å². The summed E-state index contributed by atoms with van der Waals surface area (Å²) in [4.78, 5) is 12.4. The van der Waals surface area contributed by atoms with E-state index in [4.69, 9.17) is 5.84 Å². The third-order valence-electron chi connectivity index (χ3n) is 2.49. The highest BCUT2D eigenvalue weighted by molar-refractivity contribution is 6.51. The largest absolute Gasteiger partial charge is 0.303 e. The van der Waals surface area contributed by atoms with Crippen molar-refractivity contribution in [2.24, 2.45) is 21.4 Å². The summed E-state index contributed by atoms with van der Waals surface area (Å²) in [7, 11) is 0. The van der Waals surface area contributed by atoms with Gasteiger partial charge in [0.25, 0.3) is 0 Å². The number of nitrogens with two attached hydrogens (primary N) is 1. The third-order valence-corrected chi connectivity index (χ3v) is 2.49. The lowest BCUT2D eigenvalue weighted by Crippen LogP contribution is -2.15. The Labute approximate surface area is 110 Å². The second-order valence-electron chi connectivity index (χ2n) is 3.71. The standard InChI is InChI=1S/C14H12N4O/c15-17-18-16-13(11-7-3-1-4-8-11)14(19)12-9-5-2-6-10-12/h1-10H,(H2,15,18). The molecular formula is C14H12N4O. The van der Waals surface area contributed by atoms with Crippen LogP contribution in [0.3, 0.4) is 0 Å². The van der Waals surface area contributed by atoms with Crippen LogP contribution in [-0.2, 0) is 0 Å². The molecule has 0 spiro atoms. The molecule has 0 aliphatic heterocycles. The van der Waals surface area contributed by atoms with Crippen LogP contribution in [0.25, 0.3) is 0 Å². The van der Waals surface area contributed by atoms with Gasteiger partial charge in [0.2, 0.25) is 5.78 Å². The minimum absolute atomic E-state index is 0.209. The highest BCUT2D eigenvalue weighted by Crippen LogP contribution is 2.09. The van der Waals surface area contributed by atoms with E-state index in [1.165, 1.54) is 0 Å². The summed E-state index contributed by atoms with van der Waals surface area (Å²) in [5.41, 5.74) is 1.42. The molecule has 5 nitrogen and oxygen atoms in total. The van der Waals surface area contributed by atoms with Crippen molar-refractivity contribution in [3.63, 3.8) is 0 Å². The molecule has 0 saturated carbocycles. The molecule has 2 aromatic carbocycles. The van der Waals surface area contributed by atoms with E-state index in [2.05, 4.69) is 15.5 Å². The number of hydrogen-bond acceptors (Lipinski definition) is 3. The van der Waals surface area contributed by atoms with Crippen molar-refractivity contribution < 1.29 is 4.79 Å². The van der Waals surface area contributed by atoms with Gasteiger partial charge in [-0.1, -0.05) is 65.9 Å². The zero-order valence-corrected chi connectivity index (χ0v) is 10.1. The number of ketones is 1. The van der Waals surface area contributed by atoms with Gasteiger partial charge in [0.05, 0.1) is 0 Å². The summed E-state index contributed by atoms with van der Waals surface area (Å²) in [5.74, 6) is 4.71. The van der Waals surface area contributed by atoms with Crippen LogP contribution in [0.1, 0.15) is 15.9 Å². The molecule has 0 radical (unpaired) electrons. The second kappa shape index (κ2) is 6.20. The van der Waals surface area contributed by atoms with Gasteiger partial charge in [-0.2, -0.15) is 0 Å². The van der Waals surface area contributed by atoms with Gasteiger partial charge in [-0.05, 0) is 5.22 Å². The van der Waals surface area contributed by atoms with Gasteiger partial charge in [0.15, 0.2) is 0 Å². The van der Waals surface area contributed by atoms with E-state index in [1.54, 1.807) is 36.4 Å². The Morgan fingerprint density at radius 2 is 1.37 bits per heavy atom. The van der Waals surface area contributed by atoms with Crippen molar-refractivity contribution in [1.29, 1.82) is 0 Å². The van der Waals surface area contributed by atoms with Crippen molar-refractivity contribution in [2.75, 3.05) is 0 Å². The first-order valence-corrected chi connectivity index (χ1v) is 5.66. The SMILES string of the molecule is NN=NN=C(C(=O)c1ccccc1)c1ccccc1. The number of benzene rings is 2. The first-order chi connectivity index (χ1) is 9.33.